The van der Waals surface area contributed by atoms with Crippen molar-refractivity contribution in [1.29, 1.82) is 0 Å². The van der Waals surface area contributed by atoms with E-state index in [4.69, 9.17) is 0 Å². The third-order valence-corrected chi connectivity index (χ3v) is 12.7. The minimum absolute atomic E-state index is 0.753. The first-order valence-corrected chi connectivity index (χ1v) is 23.7. The van der Waals surface area contributed by atoms with Crippen LogP contribution in [0.1, 0.15) is 64.2 Å². The largest absolute Gasteiger partial charge is 0.315 e. The third-order valence-electron chi connectivity index (χ3n) is 12.7. The van der Waals surface area contributed by atoms with E-state index in [-0.39, 0.29) is 0 Å². The van der Waals surface area contributed by atoms with Crippen LogP contribution in [0.15, 0.2) is 292 Å². The molecule has 6 aromatic carbocycles. The molecule has 0 bridgehead atoms. The average Bonchev–Trinajstić information content (AvgIpc) is 3.38. The Bertz CT molecular complexity index is 2560. The normalized spacial score (nSPS) is 10.6. The van der Waals surface area contributed by atoms with Crippen molar-refractivity contribution < 1.29 is 0 Å². The van der Waals surface area contributed by atoms with Crippen molar-refractivity contribution in [1.82, 2.24) is 0 Å². The van der Waals surface area contributed by atoms with Crippen molar-refractivity contribution in [2.24, 2.45) is 0 Å². The Balaban J connectivity index is 0.904. The van der Waals surface area contributed by atoms with Crippen molar-refractivity contribution in [3.63, 3.8) is 0 Å². The Morgan fingerprint density at radius 1 is 0.221 bits per heavy atom. The maximum atomic E-state index is 4.54. The van der Waals surface area contributed by atoms with Crippen LogP contribution in [-0.2, 0) is 0 Å². The summed E-state index contributed by atoms with van der Waals surface area (Å²) in [6.45, 7) is 44.3. The number of hydrogen-bond acceptors (Lipinski definition) is 2. The summed E-state index contributed by atoms with van der Waals surface area (Å²) in [7, 11) is 0. The number of anilines is 4. The van der Waals surface area contributed by atoms with Gasteiger partial charge < -0.3 is 9.80 Å². The highest BCUT2D eigenvalue weighted by Crippen LogP contribution is 2.36. The van der Waals surface area contributed by atoms with Crippen LogP contribution in [0.25, 0.3) is 22.3 Å². The van der Waals surface area contributed by atoms with E-state index >= 15 is 0 Å². The maximum Gasteiger partial charge on any atom is 0.0458 e. The zero-order chi connectivity index (χ0) is 48.4. The van der Waals surface area contributed by atoms with Crippen molar-refractivity contribution in [2.45, 2.75) is 64.2 Å². The van der Waals surface area contributed by atoms with Crippen molar-refractivity contribution in [3.8, 4) is 22.3 Å². The summed E-state index contributed by atoms with van der Waals surface area (Å²) in [6, 6.07) is 59.1. The van der Waals surface area contributed by atoms with E-state index in [1.54, 1.807) is 0 Å². The van der Waals surface area contributed by atoms with Crippen LogP contribution in [0.4, 0.5) is 22.7 Å². The lowest BCUT2D eigenvalue weighted by molar-refractivity contribution is 0.842. The van der Waals surface area contributed by atoms with Crippen LogP contribution in [0.2, 0.25) is 0 Å². The van der Waals surface area contributed by atoms with Crippen LogP contribution in [0.5, 0.6) is 0 Å². The molecule has 0 atom stereocenters. The summed E-state index contributed by atoms with van der Waals surface area (Å²) in [6.07, 6.45) is 7.75. The molecule has 0 unspecified atom stereocenters. The molecule has 0 fully saturated rings. The molecule has 0 saturated carbocycles. The van der Waals surface area contributed by atoms with E-state index in [1.165, 1.54) is 22.3 Å². The van der Waals surface area contributed by atoms with E-state index in [0.717, 1.165) is 143 Å². The highest BCUT2D eigenvalue weighted by atomic mass is 15.2. The number of hydrogen-bond donors (Lipinski definition) is 0. The van der Waals surface area contributed by atoms with Crippen molar-refractivity contribution in [2.75, 3.05) is 9.80 Å². The lowest BCUT2D eigenvalue weighted by atomic mass is 9.91. The molecule has 0 radical (unpaired) electrons. The molecule has 0 spiro atoms. The second-order valence-corrected chi connectivity index (χ2v) is 17.6. The third kappa shape index (κ3) is 13.9. The van der Waals surface area contributed by atoms with Crippen LogP contribution in [0.3, 0.4) is 0 Å². The molecule has 0 saturated heterocycles. The smallest absolute Gasteiger partial charge is 0.0458 e. The molecular formula is C66H68N2. The molecule has 2 heteroatoms. The fourth-order valence-electron chi connectivity index (χ4n) is 8.18. The summed E-state index contributed by atoms with van der Waals surface area (Å²) in [5.74, 6) is 0. The number of allylic oxidation sites excluding steroid dienone is 10. The van der Waals surface area contributed by atoms with Gasteiger partial charge in [-0.1, -0.05) is 232 Å². The van der Waals surface area contributed by atoms with Gasteiger partial charge in [0.15, 0.2) is 0 Å². The molecule has 0 amide bonds. The molecule has 0 aliphatic heterocycles. The predicted octanol–water partition coefficient (Wildman–Crippen LogP) is 19.4. The topological polar surface area (TPSA) is 6.48 Å². The summed E-state index contributed by atoms with van der Waals surface area (Å²) >= 11 is 0. The number of benzene rings is 6. The molecule has 6 aromatic rings. The first-order chi connectivity index (χ1) is 32.9. The summed E-state index contributed by atoms with van der Waals surface area (Å²) in [4.78, 5) is 4.47. The molecule has 342 valence electrons. The van der Waals surface area contributed by atoms with E-state index < -0.39 is 0 Å². The fourth-order valence-corrected chi connectivity index (χ4v) is 8.18. The quantitative estimate of drug-likeness (QED) is 0.0476. The Hall–Kier alpha value is -7.68. The Labute approximate surface area is 408 Å². The first-order valence-electron chi connectivity index (χ1n) is 23.7. The second kappa shape index (κ2) is 24.7. The minimum atomic E-state index is 0.753. The zero-order valence-corrected chi connectivity index (χ0v) is 40.2. The molecule has 0 aliphatic carbocycles. The summed E-state index contributed by atoms with van der Waals surface area (Å²) in [5, 5.41) is 0. The Kier molecular flexibility index (Phi) is 18.1. The van der Waals surface area contributed by atoms with Gasteiger partial charge in [0.05, 0.1) is 0 Å². The van der Waals surface area contributed by atoms with Gasteiger partial charge in [0.2, 0.25) is 0 Å². The second-order valence-electron chi connectivity index (χ2n) is 17.6. The molecule has 0 heterocycles. The van der Waals surface area contributed by atoms with Gasteiger partial charge in [-0.05, 0) is 135 Å². The van der Waals surface area contributed by atoms with E-state index in [9.17, 15) is 0 Å². The van der Waals surface area contributed by atoms with Gasteiger partial charge in [0.25, 0.3) is 0 Å². The number of nitrogens with zero attached hydrogens (tertiary/aromatic N) is 2. The maximum absolute atomic E-state index is 4.54. The molecule has 2 nitrogen and oxygen atoms in total. The molecular weight excluding hydrogens is 821 g/mol. The minimum Gasteiger partial charge on any atom is -0.315 e. The van der Waals surface area contributed by atoms with Gasteiger partial charge in [0, 0.05) is 34.1 Å². The van der Waals surface area contributed by atoms with Gasteiger partial charge in [-0.25, -0.2) is 0 Å². The number of rotatable bonds is 27. The lowest BCUT2D eigenvalue weighted by Gasteiger charge is -2.28. The van der Waals surface area contributed by atoms with Gasteiger partial charge in [-0.15, -0.1) is 0 Å². The predicted molar refractivity (Wildman–Crippen MR) is 298 cm³/mol. The molecule has 0 N–H and O–H groups in total. The standard InChI is InChI=1S/C66H68N2/c1-49(51(3)33-35-53(5)55(7)37-39-57(9)67(63-27-19-13-20-28-63)65-45-41-61(42-46-65)59-23-15-11-16-24-59)31-32-50(2)52(4)34-36-54(6)56(8)38-40-58(10)68(64-29-21-14-22-30-64)66-47-43-62(44-48-66)60-25-17-12-18-26-60/h11-30,41-48H,1-10,31-40H2. The summed E-state index contributed by atoms with van der Waals surface area (Å²) in [5.41, 5.74) is 19.4. The van der Waals surface area contributed by atoms with Gasteiger partial charge in [-0.2, -0.15) is 0 Å². The molecule has 68 heavy (non-hydrogen) atoms. The van der Waals surface area contributed by atoms with Crippen LogP contribution >= 0.6 is 0 Å². The lowest BCUT2D eigenvalue weighted by Crippen LogP contribution is -2.15. The monoisotopic (exact) mass is 889 g/mol. The van der Waals surface area contributed by atoms with E-state index in [2.05, 4.69) is 221 Å². The molecule has 6 rings (SSSR count). The van der Waals surface area contributed by atoms with E-state index in [1.807, 2.05) is 24.3 Å². The van der Waals surface area contributed by atoms with Gasteiger partial charge >= 0.3 is 0 Å². The van der Waals surface area contributed by atoms with Crippen molar-refractivity contribution in [3.05, 3.63) is 292 Å². The van der Waals surface area contributed by atoms with Crippen molar-refractivity contribution >= 4 is 22.7 Å². The summed E-state index contributed by atoms with van der Waals surface area (Å²) < 4.78 is 0. The Morgan fingerprint density at radius 3 is 0.662 bits per heavy atom. The SMILES string of the molecule is C=C(CCC(=C)C(=C)CCC(=C)C(=C)CCC(=C)N(c1ccccc1)c1ccc(-c2ccccc2)cc1)C(=C)CCC(=C)C(=C)CCC(=C)N(c1ccccc1)c1ccc(-c2ccccc2)cc1. The van der Waals surface area contributed by atoms with Crippen LogP contribution in [-0.4, -0.2) is 0 Å². The Morgan fingerprint density at radius 2 is 0.412 bits per heavy atom. The first kappa shape index (κ1) is 49.7. The van der Waals surface area contributed by atoms with E-state index in [0.29, 0.717) is 0 Å². The van der Waals surface area contributed by atoms with Gasteiger partial charge in [0.1, 0.15) is 0 Å². The molecule has 0 aliphatic rings. The highest BCUT2D eigenvalue weighted by molar-refractivity contribution is 5.74. The average molecular weight is 889 g/mol. The zero-order valence-electron chi connectivity index (χ0n) is 40.2. The van der Waals surface area contributed by atoms with Crippen LogP contribution in [0, 0.1) is 0 Å². The van der Waals surface area contributed by atoms with Gasteiger partial charge in [-0.3, -0.25) is 0 Å². The molecule has 0 aromatic heterocycles. The van der Waals surface area contributed by atoms with Crippen LogP contribution < -0.4 is 9.80 Å². The highest BCUT2D eigenvalue weighted by Gasteiger charge is 2.17. The number of para-hydroxylation sites is 2. The fraction of sp³-hybridized carbons (Fsp3) is 0.152.